The van der Waals surface area contributed by atoms with E-state index in [1.807, 2.05) is 22.9 Å². The summed E-state index contributed by atoms with van der Waals surface area (Å²) in [7, 11) is 0. The molecule has 1 aliphatic carbocycles. The number of hydrogen-bond acceptors (Lipinski definition) is 3. The van der Waals surface area contributed by atoms with E-state index in [1.165, 1.54) is 12.8 Å². The number of halogens is 1. The van der Waals surface area contributed by atoms with Gasteiger partial charge in [-0.25, -0.2) is 4.98 Å². The van der Waals surface area contributed by atoms with Crippen molar-refractivity contribution in [3.05, 3.63) is 34.7 Å². The number of imidazole rings is 1. The molecule has 1 aliphatic heterocycles. The van der Waals surface area contributed by atoms with Crippen molar-refractivity contribution in [3.8, 4) is 0 Å². The van der Waals surface area contributed by atoms with E-state index < -0.39 is 0 Å². The highest BCUT2D eigenvalue weighted by atomic mass is 79.9. The first kappa shape index (κ1) is 12.3. The molecule has 104 valence electrons. The van der Waals surface area contributed by atoms with Crippen molar-refractivity contribution in [2.75, 3.05) is 6.54 Å². The first-order valence-electron chi connectivity index (χ1n) is 6.86. The number of carbonyl (C=O) groups is 1. The van der Waals surface area contributed by atoms with E-state index in [1.54, 1.807) is 6.20 Å². The van der Waals surface area contributed by atoms with E-state index in [0.717, 1.165) is 23.1 Å². The number of nitrogens with zero attached hydrogens (tertiary/aromatic N) is 2. The molecule has 2 fully saturated rings. The number of nitrogens with one attached hydrogen (secondary N) is 2. The Morgan fingerprint density at radius 1 is 1.55 bits per heavy atom. The Balaban J connectivity index is 1.60. The highest BCUT2D eigenvalue weighted by Crippen LogP contribution is 2.42. The fraction of sp³-hybridized carbons (Fsp3) is 0.429. The summed E-state index contributed by atoms with van der Waals surface area (Å²) in [6.07, 6.45) is 8.74. The summed E-state index contributed by atoms with van der Waals surface area (Å²) in [5.74, 6) is -0.0127. The molecule has 1 unspecified atom stereocenters. The van der Waals surface area contributed by atoms with Crippen LogP contribution in [0.15, 0.2) is 29.1 Å². The van der Waals surface area contributed by atoms with E-state index in [9.17, 15) is 4.79 Å². The predicted octanol–water partition coefficient (Wildman–Crippen LogP) is 1.72. The first-order valence-corrected chi connectivity index (χ1v) is 7.65. The Labute approximate surface area is 124 Å². The molecule has 6 heteroatoms. The fourth-order valence-electron chi connectivity index (χ4n) is 3.09. The van der Waals surface area contributed by atoms with Crippen LogP contribution >= 0.6 is 15.9 Å². The Bertz CT molecular complexity index is 692. The van der Waals surface area contributed by atoms with Crippen LogP contribution in [0.1, 0.15) is 29.6 Å². The average molecular weight is 335 g/mol. The molecule has 2 aromatic rings. The standard InChI is InChI=1S/C14H15BrN4O/c15-10-7-9(8-19-6-5-16-12(10)19)13(20)18-11-1-4-17-14(11)2-3-14/h5-8,11,17H,1-4H2,(H,18,20). The van der Waals surface area contributed by atoms with Gasteiger partial charge >= 0.3 is 0 Å². The summed E-state index contributed by atoms with van der Waals surface area (Å²) in [4.78, 5) is 16.7. The monoisotopic (exact) mass is 334 g/mol. The van der Waals surface area contributed by atoms with Crippen molar-refractivity contribution >= 4 is 27.5 Å². The van der Waals surface area contributed by atoms with Gasteiger partial charge in [0.2, 0.25) is 0 Å². The minimum atomic E-state index is -0.0127. The Morgan fingerprint density at radius 2 is 2.40 bits per heavy atom. The molecular weight excluding hydrogens is 320 g/mol. The van der Waals surface area contributed by atoms with E-state index in [2.05, 4.69) is 31.5 Å². The zero-order valence-corrected chi connectivity index (χ0v) is 12.5. The third-order valence-electron chi connectivity index (χ3n) is 4.38. The molecule has 20 heavy (non-hydrogen) atoms. The van der Waals surface area contributed by atoms with Crippen molar-refractivity contribution in [2.45, 2.75) is 30.8 Å². The SMILES string of the molecule is O=C(NC1CCNC12CC2)c1cc(Br)c2nccn2c1. The van der Waals surface area contributed by atoms with Crippen molar-refractivity contribution in [2.24, 2.45) is 0 Å². The summed E-state index contributed by atoms with van der Waals surface area (Å²) in [6, 6.07) is 2.09. The van der Waals surface area contributed by atoms with Crippen LogP contribution in [-0.2, 0) is 0 Å². The molecule has 1 spiro atoms. The van der Waals surface area contributed by atoms with E-state index in [0.29, 0.717) is 5.56 Å². The molecule has 2 aliphatic rings. The van der Waals surface area contributed by atoms with Crippen molar-refractivity contribution in [1.82, 2.24) is 20.0 Å². The largest absolute Gasteiger partial charge is 0.347 e. The molecule has 0 radical (unpaired) electrons. The Hall–Kier alpha value is -1.40. The summed E-state index contributed by atoms with van der Waals surface area (Å²) in [5.41, 5.74) is 1.67. The Kier molecular flexibility index (Phi) is 2.65. The van der Waals surface area contributed by atoms with Crippen molar-refractivity contribution in [3.63, 3.8) is 0 Å². The van der Waals surface area contributed by atoms with E-state index >= 15 is 0 Å². The summed E-state index contributed by atoms with van der Waals surface area (Å²) >= 11 is 3.47. The third kappa shape index (κ3) is 1.86. The van der Waals surface area contributed by atoms with Crippen molar-refractivity contribution in [1.29, 1.82) is 0 Å². The van der Waals surface area contributed by atoms with Gasteiger partial charge in [-0.1, -0.05) is 0 Å². The van der Waals surface area contributed by atoms with Gasteiger partial charge in [-0.3, -0.25) is 4.79 Å². The van der Waals surface area contributed by atoms with Crippen LogP contribution in [-0.4, -0.2) is 33.4 Å². The highest BCUT2D eigenvalue weighted by Gasteiger charge is 2.52. The second-order valence-corrected chi connectivity index (χ2v) is 6.49. The van der Waals surface area contributed by atoms with Crippen LogP contribution in [0.5, 0.6) is 0 Å². The fourth-order valence-corrected chi connectivity index (χ4v) is 3.65. The smallest absolute Gasteiger partial charge is 0.253 e. The van der Waals surface area contributed by atoms with Gasteiger partial charge < -0.3 is 15.0 Å². The van der Waals surface area contributed by atoms with Crippen LogP contribution < -0.4 is 10.6 Å². The average Bonchev–Trinajstić information content (AvgIpc) is 2.87. The lowest BCUT2D eigenvalue weighted by Crippen LogP contribution is -2.45. The second-order valence-electron chi connectivity index (χ2n) is 5.63. The van der Waals surface area contributed by atoms with Gasteiger partial charge in [0.15, 0.2) is 5.65 Å². The normalized spacial score (nSPS) is 23.4. The van der Waals surface area contributed by atoms with Crippen LogP contribution in [0.4, 0.5) is 0 Å². The maximum Gasteiger partial charge on any atom is 0.253 e. The van der Waals surface area contributed by atoms with Crippen LogP contribution in [0.25, 0.3) is 5.65 Å². The van der Waals surface area contributed by atoms with Crippen LogP contribution in [0.3, 0.4) is 0 Å². The zero-order chi connectivity index (χ0) is 13.7. The topological polar surface area (TPSA) is 58.4 Å². The summed E-state index contributed by atoms with van der Waals surface area (Å²) in [6.45, 7) is 0.995. The van der Waals surface area contributed by atoms with E-state index in [4.69, 9.17) is 0 Å². The molecule has 0 bridgehead atoms. The lowest BCUT2D eigenvalue weighted by atomic mass is 10.1. The molecule has 5 nitrogen and oxygen atoms in total. The minimum absolute atomic E-state index is 0.0127. The number of rotatable bonds is 2. The van der Waals surface area contributed by atoms with Gasteiger partial charge in [-0.2, -0.15) is 0 Å². The molecule has 1 saturated heterocycles. The number of pyridine rings is 1. The number of amides is 1. The number of carbonyl (C=O) groups excluding carboxylic acids is 1. The van der Waals surface area contributed by atoms with Gasteiger partial charge in [0.05, 0.1) is 10.0 Å². The van der Waals surface area contributed by atoms with Crippen LogP contribution in [0, 0.1) is 0 Å². The molecule has 4 rings (SSSR count). The predicted molar refractivity (Wildman–Crippen MR) is 78.7 cm³/mol. The molecule has 0 aromatic carbocycles. The molecule has 2 aromatic heterocycles. The molecule has 1 atom stereocenters. The molecule has 1 saturated carbocycles. The zero-order valence-electron chi connectivity index (χ0n) is 10.9. The Morgan fingerprint density at radius 3 is 3.20 bits per heavy atom. The summed E-state index contributed by atoms with van der Waals surface area (Å²) in [5, 5.41) is 6.69. The minimum Gasteiger partial charge on any atom is -0.347 e. The van der Waals surface area contributed by atoms with Gasteiger partial charge in [0.25, 0.3) is 5.91 Å². The van der Waals surface area contributed by atoms with Gasteiger partial charge in [0.1, 0.15) is 0 Å². The van der Waals surface area contributed by atoms with Gasteiger partial charge in [-0.15, -0.1) is 0 Å². The molecule has 3 heterocycles. The number of aromatic nitrogens is 2. The lowest BCUT2D eigenvalue weighted by Gasteiger charge is -2.20. The molecule has 2 N–H and O–H groups in total. The highest BCUT2D eigenvalue weighted by molar-refractivity contribution is 9.10. The van der Waals surface area contributed by atoms with Crippen molar-refractivity contribution < 1.29 is 4.79 Å². The van der Waals surface area contributed by atoms with E-state index in [-0.39, 0.29) is 17.5 Å². The van der Waals surface area contributed by atoms with Crippen LogP contribution in [0.2, 0.25) is 0 Å². The number of hydrogen-bond donors (Lipinski definition) is 2. The lowest BCUT2D eigenvalue weighted by molar-refractivity contribution is 0.0931. The van der Waals surface area contributed by atoms with Gasteiger partial charge in [-0.05, 0) is 47.8 Å². The maximum atomic E-state index is 12.4. The quantitative estimate of drug-likeness (QED) is 0.879. The second kappa shape index (κ2) is 4.30. The number of fused-ring (bicyclic) bond motifs is 1. The molecular formula is C14H15BrN4O. The molecule has 1 amide bonds. The first-order chi connectivity index (χ1) is 9.68. The third-order valence-corrected chi connectivity index (χ3v) is 4.96. The van der Waals surface area contributed by atoms with Gasteiger partial charge in [0, 0.05) is 30.2 Å². The summed E-state index contributed by atoms with van der Waals surface area (Å²) < 4.78 is 2.69. The maximum absolute atomic E-state index is 12.4.